The second kappa shape index (κ2) is 7.84. The maximum absolute atomic E-state index is 10.5. The molecule has 0 unspecified atom stereocenters. The van der Waals surface area contributed by atoms with E-state index in [1.807, 2.05) is 0 Å². The zero-order valence-electron chi connectivity index (χ0n) is 10.7. The Kier molecular flexibility index (Phi) is 8.74. The third kappa shape index (κ3) is 18.2. The fourth-order valence-corrected chi connectivity index (χ4v) is 1.14. The summed E-state index contributed by atoms with van der Waals surface area (Å²) in [5, 5.41) is 0. The lowest BCUT2D eigenvalue weighted by molar-refractivity contribution is -0.141. The molecule has 0 atom stereocenters. The molecule has 0 spiro atoms. The lowest BCUT2D eigenvalue weighted by Crippen LogP contribution is -2.31. The first kappa shape index (κ1) is 19.0. The van der Waals surface area contributed by atoms with Gasteiger partial charge in [0.2, 0.25) is 0 Å². The molecule has 0 heterocycles. The highest BCUT2D eigenvalue weighted by Crippen LogP contribution is 2.19. The summed E-state index contributed by atoms with van der Waals surface area (Å²) in [6.45, 7) is 6.41. The summed E-state index contributed by atoms with van der Waals surface area (Å²) < 4.78 is 44.2. The number of rotatable bonds is 4. The molecule has 0 bridgehead atoms. The van der Waals surface area contributed by atoms with Crippen LogP contribution in [0.3, 0.4) is 0 Å². The predicted molar refractivity (Wildman–Crippen MR) is 64.7 cm³/mol. The normalized spacial score (nSPS) is 11.9. The maximum atomic E-state index is 10.5. The number of carbonyl (C=O) groups excluding carboxylic acids is 1. The molecule has 0 aromatic rings. The van der Waals surface area contributed by atoms with Gasteiger partial charge in [-0.25, -0.2) is 0 Å². The van der Waals surface area contributed by atoms with Gasteiger partial charge in [0, 0.05) is 13.3 Å². The van der Waals surface area contributed by atoms with Crippen LogP contribution in [0.4, 0.5) is 17.3 Å². The van der Waals surface area contributed by atoms with Crippen LogP contribution < -0.4 is 0 Å². The van der Waals surface area contributed by atoms with Gasteiger partial charge in [0.05, 0.1) is 19.1 Å². The number of esters is 1. The van der Waals surface area contributed by atoms with E-state index in [2.05, 4.69) is 26.4 Å². The Labute approximate surface area is 103 Å². The SMILES string of the molecule is CC(=O)OCCC(C)(C)[S+](C)C.F[B-](F)(F)F. The summed E-state index contributed by atoms with van der Waals surface area (Å²) >= 11 is 0. The molecule has 2 nitrogen and oxygen atoms in total. The van der Waals surface area contributed by atoms with Gasteiger partial charge in [0.25, 0.3) is 0 Å². The Hall–Kier alpha value is -0.395. The zero-order valence-corrected chi connectivity index (χ0v) is 11.5. The summed E-state index contributed by atoms with van der Waals surface area (Å²) in [4.78, 5) is 10.5. The molecule has 0 rings (SSSR count). The summed E-state index contributed by atoms with van der Waals surface area (Å²) in [6, 6.07) is 0. The van der Waals surface area contributed by atoms with E-state index >= 15 is 0 Å². The van der Waals surface area contributed by atoms with Gasteiger partial charge in [-0.05, 0) is 24.7 Å². The van der Waals surface area contributed by atoms with Crippen LogP contribution in [0.25, 0.3) is 0 Å². The van der Waals surface area contributed by atoms with Crippen molar-refractivity contribution in [2.45, 2.75) is 31.9 Å². The predicted octanol–water partition coefficient (Wildman–Crippen LogP) is 2.90. The molecule has 17 heavy (non-hydrogen) atoms. The average Bonchev–Trinajstić information content (AvgIpc) is 1.98. The first-order valence-electron chi connectivity index (χ1n) is 4.94. The summed E-state index contributed by atoms with van der Waals surface area (Å²) in [6.07, 6.45) is 5.38. The third-order valence-corrected chi connectivity index (χ3v) is 4.53. The standard InChI is InChI=1S/C9H19O2S.BF4/c1-8(10)11-7-6-9(2,3)12(4)5;2-1(3,4)5/h6-7H2,1-5H3;/q+1;-1. The summed E-state index contributed by atoms with van der Waals surface area (Å²) in [5.41, 5.74) is 0. The molecule has 104 valence electrons. The molecule has 0 aliphatic rings. The van der Waals surface area contributed by atoms with Crippen LogP contribution in [0, 0.1) is 0 Å². The van der Waals surface area contributed by atoms with E-state index in [1.165, 1.54) is 6.92 Å². The van der Waals surface area contributed by atoms with E-state index in [0.29, 0.717) is 17.5 Å². The molecule has 8 heteroatoms. The quantitative estimate of drug-likeness (QED) is 0.342. The van der Waals surface area contributed by atoms with Crippen LogP contribution in [0.1, 0.15) is 27.2 Å². The van der Waals surface area contributed by atoms with E-state index < -0.39 is 7.25 Å². The van der Waals surface area contributed by atoms with Crippen molar-refractivity contribution in [3.63, 3.8) is 0 Å². The van der Waals surface area contributed by atoms with Crippen LogP contribution in [-0.2, 0) is 20.4 Å². The van der Waals surface area contributed by atoms with E-state index in [-0.39, 0.29) is 10.7 Å². The molecule has 0 saturated heterocycles. The molecule has 0 amide bonds. The van der Waals surface area contributed by atoms with Crippen LogP contribution in [0.5, 0.6) is 0 Å². The fourth-order valence-electron chi connectivity index (χ4n) is 0.645. The smallest absolute Gasteiger partial charge is 0.466 e. The van der Waals surface area contributed by atoms with Crippen molar-refractivity contribution in [2.24, 2.45) is 0 Å². The van der Waals surface area contributed by atoms with Gasteiger partial charge in [-0.3, -0.25) is 4.79 Å². The number of hydrogen-bond acceptors (Lipinski definition) is 2. The Morgan fingerprint density at radius 3 is 1.82 bits per heavy atom. The molecule has 0 aliphatic carbocycles. The molecular formula is C9H19BF4O2S. The van der Waals surface area contributed by atoms with E-state index in [9.17, 15) is 22.1 Å². The topological polar surface area (TPSA) is 26.3 Å². The Balaban J connectivity index is 0. The fraction of sp³-hybridized carbons (Fsp3) is 0.889. The minimum atomic E-state index is -6.00. The highest BCUT2D eigenvalue weighted by molar-refractivity contribution is 7.96. The molecule has 0 aliphatic heterocycles. The second-order valence-corrected chi connectivity index (χ2v) is 6.90. The van der Waals surface area contributed by atoms with Crippen molar-refractivity contribution in [1.29, 1.82) is 0 Å². The molecule has 0 radical (unpaired) electrons. The van der Waals surface area contributed by atoms with Crippen LogP contribution in [0.15, 0.2) is 0 Å². The van der Waals surface area contributed by atoms with Gasteiger partial charge in [0.1, 0.15) is 4.75 Å². The van der Waals surface area contributed by atoms with Gasteiger partial charge >= 0.3 is 13.2 Å². The Morgan fingerprint density at radius 2 is 1.59 bits per heavy atom. The lowest BCUT2D eigenvalue weighted by Gasteiger charge is -2.20. The van der Waals surface area contributed by atoms with Crippen LogP contribution >= 0.6 is 0 Å². The minimum absolute atomic E-state index is 0.183. The Bertz CT molecular complexity index is 226. The highest BCUT2D eigenvalue weighted by atomic mass is 32.2. The van der Waals surface area contributed by atoms with Crippen LogP contribution in [0.2, 0.25) is 0 Å². The van der Waals surface area contributed by atoms with E-state index in [4.69, 9.17) is 4.74 Å². The summed E-state index contributed by atoms with van der Waals surface area (Å²) in [7, 11) is -5.63. The van der Waals surface area contributed by atoms with E-state index in [0.717, 1.165) is 6.42 Å². The molecule has 0 aromatic carbocycles. The van der Waals surface area contributed by atoms with Crippen molar-refractivity contribution < 1.29 is 26.8 Å². The third-order valence-electron chi connectivity index (χ3n) is 2.11. The van der Waals surface area contributed by atoms with Gasteiger partial charge in [-0.1, -0.05) is 0 Å². The van der Waals surface area contributed by atoms with Gasteiger partial charge in [-0.2, -0.15) is 0 Å². The van der Waals surface area contributed by atoms with Crippen molar-refractivity contribution in [1.82, 2.24) is 0 Å². The lowest BCUT2D eigenvalue weighted by atomic mass is 10.1. The van der Waals surface area contributed by atoms with Gasteiger partial charge in [0.15, 0.2) is 0 Å². The first-order valence-corrected chi connectivity index (χ1v) is 6.99. The number of halogens is 4. The minimum Gasteiger partial charge on any atom is -0.466 e. The number of hydrogen-bond donors (Lipinski definition) is 0. The monoisotopic (exact) mass is 278 g/mol. The zero-order chi connectivity index (χ0) is 14.3. The van der Waals surface area contributed by atoms with Crippen molar-refractivity contribution in [3.05, 3.63) is 0 Å². The molecule has 0 fully saturated rings. The van der Waals surface area contributed by atoms with E-state index in [1.54, 1.807) is 0 Å². The van der Waals surface area contributed by atoms with Gasteiger partial charge in [-0.15, -0.1) is 0 Å². The number of carbonyl (C=O) groups is 1. The molecule has 0 aromatic heterocycles. The first-order chi connectivity index (χ1) is 7.36. The highest BCUT2D eigenvalue weighted by Gasteiger charge is 2.30. The Morgan fingerprint density at radius 1 is 1.24 bits per heavy atom. The summed E-state index contributed by atoms with van der Waals surface area (Å²) in [5.74, 6) is -0.183. The maximum Gasteiger partial charge on any atom is 0.673 e. The second-order valence-electron chi connectivity index (χ2n) is 4.16. The van der Waals surface area contributed by atoms with Crippen LogP contribution in [-0.4, -0.2) is 37.1 Å². The molecule has 0 saturated carbocycles. The van der Waals surface area contributed by atoms with Crippen molar-refractivity contribution in [2.75, 3.05) is 19.1 Å². The number of ether oxygens (including phenoxy) is 1. The van der Waals surface area contributed by atoms with Crippen molar-refractivity contribution in [3.8, 4) is 0 Å². The molecular weight excluding hydrogens is 259 g/mol. The molecule has 0 N–H and O–H groups in total. The van der Waals surface area contributed by atoms with Gasteiger partial charge < -0.3 is 22.0 Å². The largest absolute Gasteiger partial charge is 0.673 e. The van der Waals surface area contributed by atoms with Crippen molar-refractivity contribution >= 4 is 24.1 Å². The average molecular weight is 278 g/mol.